The zero-order valence-electron chi connectivity index (χ0n) is 9.77. The van der Waals surface area contributed by atoms with Crippen molar-refractivity contribution in [3.63, 3.8) is 0 Å². The van der Waals surface area contributed by atoms with Crippen molar-refractivity contribution in [2.24, 2.45) is 5.92 Å². The van der Waals surface area contributed by atoms with Gasteiger partial charge in [-0.25, -0.2) is 4.79 Å². The van der Waals surface area contributed by atoms with E-state index in [1.807, 2.05) is 12.1 Å². The van der Waals surface area contributed by atoms with Crippen molar-refractivity contribution in [2.75, 3.05) is 23.9 Å². The molecule has 5 heteroatoms. The van der Waals surface area contributed by atoms with Gasteiger partial charge in [0, 0.05) is 6.54 Å². The van der Waals surface area contributed by atoms with Crippen molar-refractivity contribution in [1.82, 2.24) is 0 Å². The Morgan fingerprint density at radius 1 is 1.47 bits per heavy atom. The molecule has 1 aromatic rings. The van der Waals surface area contributed by atoms with Gasteiger partial charge in [0.25, 0.3) is 0 Å². The first-order valence-electron chi connectivity index (χ1n) is 5.39. The SMILES string of the molecule is COC(=O)N1CC(C)C(=O)Nc2ccccc21. The summed E-state index contributed by atoms with van der Waals surface area (Å²) in [7, 11) is 1.33. The molecule has 5 nitrogen and oxygen atoms in total. The zero-order chi connectivity index (χ0) is 12.4. The third-order valence-electron chi connectivity index (χ3n) is 2.75. The van der Waals surface area contributed by atoms with Crippen LogP contribution in [-0.4, -0.2) is 25.7 Å². The molecule has 1 aliphatic rings. The summed E-state index contributed by atoms with van der Waals surface area (Å²) in [6.07, 6.45) is -0.458. The second-order valence-electron chi connectivity index (χ2n) is 3.99. The maximum Gasteiger partial charge on any atom is 0.414 e. The molecule has 0 aromatic heterocycles. The van der Waals surface area contributed by atoms with Gasteiger partial charge in [-0.15, -0.1) is 0 Å². The van der Waals surface area contributed by atoms with Crippen molar-refractivity contribution in [3.8, 4) is 0 Å². The van der Waals surface area contributed by atoms with Crippen molar-refractivity contribution in [2.45, 2.75) is 6.92 Å². The summed E-state index contributed by atoms with van der Waals surface area (Å²) in [5.41, 5.74) is 1.30. The van der Waals surface area contributed by atoms with E-state index in [9.17, 15) is 9.59 Å². The molecule has 0 saturated heterocycles. The molecule has 2 rings (SSSR count). The number of methoxy groups -OCH3 is 1. The van der Waals surface area contributed by atoms with E-state index >= 15 is 0 Å². The van der Waals surface area contributed by atoms with Gasteiger partial charge in [0.05, 0.1) is 24.4 Å². The van der Waals surface area contributed by atoms with Gasteiger partial charge in [-0.3, -0.25) is 9.69 Å². The molecule has 0 aliphatic carbocycles. The molecule has 0 radical (unpaired) electrons. The zero-order valence-corrected chi connectivity index (χ0v) is 9.77. The van der Waals surface area contributed by atoms with Gasteiger partial charge in [-0.05, 0) is 12.1 Å². The van der Waals surface area contributed by atoms with Gasteiger partial charge in [-0.1, -0.05) is 19.1 Å². The molecule has 1 N–H and O–H groups in total. The first-order valence-corrected chi connectivity index (χ1v) is 5.39. The molecule has 1 aliphatic heterocycles. The standard InChI is InChI=1S/C12H14N2O3/c1-8-7-14(12(16)17-2)10-6-4-3-5-9(10)13-11(8)15/h3-6,8H,7H2,1-2H3,(H,13,15). The normalized spacial score (nSPS) is 19.1. The number of hydrogen-bond donors (Lipinski definition) is 1. The second-order valence-corrected chi connectivity index (χ2v) is 3.99. The molecular weight excluding hydrogens is 220 g/mol. The highest BCUT2D eigenvalue weighted by atomic mass is 16.5. The van der Waals surface area contributed by atoms with Crippen molar-refractivity contribution >= 4 is 23.4 Å². The van der Waals surface area contributed by atoms with E-state index in [-0.39, 0.29) is 11.8 Å². The summed E-state index contributed by atoms with van der Waals surface area (Å²) in [5.74, 6) is -0.370. The average Bonchev–Trinajstić information content (AvgIpc) is 2.47. The predicted octanol–water partition coefficient (Wildman–Crippen LogP) is 1.85. The topological polar surface area (TPSA) is 58.6 Å². The highest BCUT2D eigenvalue weighted by molar-refractivity contribution is 6.02. The molecule has 17 heavy (non-hydrogen) atoms. The van der Waals surface area contributed by atoms with Crippen LogP contribution in [0, 0.1) is 5.92 Å². The third-order valence-corrected chi connectivity index (χ3v) is 2.75. The van der Waals surface area contributed by atoms with Gasteiger partial charge >= 0.3 is 6.09 Å². The van der Waals surface area contributed by atoms with Gasteiger partial charge in [0.2, 0.25) is 5.91 Å². The number of ether oxygens (including phenoxy) is 1. The molecule has 2 amide bonds. The number of carbonyl (C=O) groups is 2. The summed E-state index contributed by atoms with van der Waals surface area (Å²) >= 11 is 0. The number of fused-ring (bicyclic) bond motifs is 1. The number of nitrogens with zero attached hydrogens (tertiary/aromatic N) is 1. The molecule has 90 valence electrons. The fraction of sp³-hybridized carbons (Fsp3) is 0.333. The first kappa shape index (κ1) is 11.4. The van der Waals surface area contributed by atoms with Crippen LogP contribution in [0.5, 0.6) is 0 Å². The van der Waals surface area contributed by atoms with Gasteiger partial charge in [0.15, 0.2) is 0 Å². The van der Waals surface area contributed by atoms with Crippen LogP contribution >= 0.6 is 0 Å². The van der Waals surface area contributed by atoms with Crippen molar-refractivity contribution < 1.29 is 14.3 Å². The number of carbonyl (C=O) groups excluding carboxylic acids is 2. The number of anilines is 2. The molecule has 0 spiro atoms. The van der Waals surface area contributed by atoms with E-state index in [0.717, 1.165) is 0 Å². The van der Waals surface area contributed by atoms with Crippen molar-refractivity contribution in [1.29, 1.82) is 0 Å². The molecule has 0 fully saturated rings. The minimum Gasteiger partial charge on any atom is -0.452 e. The minimum atomic E-state index is -0.458. The van der Waals surface area contributed by atoms with Crippen LogP contribution < -0.4 is 10.2 Å². The van der Waals surface area contributed by atoms with E-state index < -0.39 is 6.09 Å². The Bertz CT molecular complexity index is 459. The molecule has 1 aromatic carbocycles. The minimum absolute atomic E-state index is 0.0937. The molecule has 1 heterocycles. The maximum atomic E-state index is 11.7. The number of nitrogens with one attached hydrogen (secondary N) is 1. The van der Waals surface area contributed by atoms with E-state index in [1.165, 1.54) is 12.0 Å². The summed E-state index contributed by atoms with van der Waals surface area (Å²) in [6, 6.07) is 7.17. The number of amides is 2. The maximum absolute atomic E-state index is 11.7. The smallest absolute Gasteiger partial charge is 0.414 e. The summed E-state index contributed by atoms with van der Waals surface area (Å²) < 4.78 is 4.73. The van der Waals surface area contributed by atoms with Crippen LogP contribution in [0.3, 0.4) is 0 Å². The lowest BCUT2D eigenvalue weighted by molar-refractivity contribution is -0.119. The Kier molecular flexibility index (Phi) is 2.99. The largest absolute Gasteiger partial charge is 0.452 e. The lowest BCUT2D eigenvalue weighted by Gasteiger charge is -2.21. The fourth-order valence-electron chi connectivity index (χ4n) is 1.81. The predicted molar refractivity (Wildman–Crippen MR) is 64.0 cm³/mol. The Balaban J connectivity index is 2.45. The van der Waals surface area contributed by atoms with Crippen LogP contribution in [-0.2, 0) is 9.53 Å². The van der Waals surface area contributed by atoms with Crippen LogP contribution in [0.4, 0.5) is 16.2 Å². The van der Waals surface area contributed by atoms with E-state index in [1.54, 1.807) is 19.1 Å². The van der Waals surface area contributed by atoms with Gasteiger partial charge in [0.1, 0.15) is 0 Å². The Hall–Kier alpha value is -2.04. The first-order chi connectivity index (χ1) is 8.13. The summed E-state index contributed by atoms with van der Waals surface area (Å²) in [5, 5.41) is 2.79. The molecule has 1 unspecified atom stereocenters. The number of rotatable bonds is 0. The van der Waals surface area contributed by atoms with Crippen LogP contribution in [0.1, 0.15) is 6.92 Å². The Labute approximate surface area is 99.4 Å². The van der Waals surface area contributed by atoms with E-state index in [2.05, 4.69) is 5.32 Å². The fourth-order valence-corrected chi connectivity index (χ4v) is 1.81. The van der Waals surface area contributed by atoms with Crippen molar-refractivity contribution in [3.05, 3.63) is 24.3 Å². The molecule has 0 saturated carbocycles. The number of benzene rings is 1. The highest BCUT2D eigenvalue weighted by Gasteiger charge is 2.28. The second kappa shape index (κ2) is 4.45. The van der Waals surface area contributed by atoms with Crippen LogP contribution in [0.2, 0.25) is 0 Å². The summed E-state index contributed by atoms with van der Waals surface area (Å²) in [6.45, 7) is 2.09. The molecular formula is C12H14N2O3. The highest BCUT2D eigenvalue weighted by Crippen LogP contribution is 2.30. The lowest BCUT2D eigenvalue weighted by Crippen LogP contribution is -2.35. The average molecular weight is 234 g/mol. The van der Waals surface area contributed by atoms with Gasteiger partial charge < -0.3 is 10.1 Å². The monoisotopic (exact) mass is 234 g/mol. The quantitative estimate of drug-likeness (QED) is 0.745. The number of para-hydroxylation sites is 2. The Morgan fingerprint density at radius 2 is 2.18 bits per heavy atom. The van der Waals surface area contributed by atoms with E-state index in [4.69, 9.17) is 4.74 Å². The number of hydrogen-bond acceptors (Lipinski definition) is 3. The van der Waals surface area contributed by atoms with Crippen LogP contribution in [0.15, 0.2) is 24.3 Å². The molecule has 1 atom stereocenters. The summed E-state index contributed by atoms with van der Waals surface area (Å²) in [4.78, 5) is 24.9. The molecule has 0 bridgehead atoms. The van der Waals surface area contributed by atoms with Gasteiger partial charge in [-0.2, -0.15) is 0 Å². The lowest BCUT2D eigenvalue weighted by atomic mass is 10.1. The Morgan fingerprint density at radius 3 is 2.88 bits per heavy atom. The van der Waals surface area contributed by atoms with Crippen LogP contribution in [0.25, 0.3) is 0 Å². The third kappa shape index (κ3) is 2.08. The van der Waals surface area contributed by atoms with E-state index in [0.29, 0.717) is 17.9 Å².